The maximum atomic E-state index is 16.4. The Bertz CT molecular complexity index is 3610. The largest absolute Gasteiger partial charge is 0.438 e. The van der Waals surface area contributed by atoms with Crippen LogP contribution in [0.25, 0.3) is 39.0 Å². The van der Waals surface area contributed by atoms with Gasteiger partial charge in [0.2, 0.25) is 0 Å². The maximum absolute atomic E-state index is 16.4. The molecule has 1 N–H and O–H groups in total. The molecule has 1 spiro atoms. The summed E-state index contributed by atoms with van der Waals surface area (Å²) in [6, 6.07) is 14.4. The van der Waals surface area contributed by atoms with Gasteiger partial charge in [0.1, 0.15) is 22.9 Å². The lowest BCUT2D eigenvalue weighted by atomic mass is 9.67. The predicted molar refractivity (Wildman–Crippen MR) is 264 cm³/mol. The molecule has 3 fully saturated rings. The molecule has 8 aromatic rings. The molecule has 72 heavy (non-hydrogen) atoms. The van der Waals surface area contributed by atoms with Crippen molar-refractivity contribution >= 4 is 27.7 Å². The van der Waals surface area contributed by atoms with Crippen molar-refractivity contribution in [3.05, 3.63) is 139 Å². The van der Waals surface area contributed by atoms with Crippen molar-refractivity contribution in [2.75, 3.05) is 20.3 Å². The Balaban J connectivity index is 1.07. The minimum atomic E-state index is -0.891. The number of aryl methyl sites for hydroxylation is 3. The highest BCUT2D eigenvalue weighted by Crippen LogP contribution is 2.57. The molecule has 3 aromatic carbocycles. The summed E-state index contributed by atoms with van der Waals surface area (Å²) >= 11 is 0. The Morgan fingerprint density at radius 2 is 1.64 bits per heavy atom. The summed E-state index contributed by atoms with van der Waals surface area (Å²) in [6.07, 6.45) is 9.51. The van der Waals surface area contributed by atoms with Crippen LogP contribution in [0, 0.1) is 31.4 Å². The number of halogens is 2. The van der Waals surface area contributed by atoms with Gasteiger partial charge in [0.05, 0.1) is 51.9 Å². The Labute approximate surface area is 413 Å². The fourth-order valence-corrected chi connectivity index (χ4v) is 12.8. The summed E-state index contributed by atoms with van der Waals surface area (Å²) in [4.78, 5) is 48.8. The number of aromatic amines is 1. The number of ether oxygens (including phenoxy) is 2. The molecule has 2 saturated carbocycles. The average Bonchev–Trinajstić information content (AvgIpc) is 4.00. The highest BCUT2D eigenvalue weighted by Gasteiger charge is 2.60. The number of amides is 1. The number of H-pyrrole nitrogens is 1. The lowest BCUT2D eigenvalue weighted by Crippen LogP contribution is -2.52. The molecule has 16 nitrogen and oxygen atoms in total. The number of fused-ring (bicyclic) bond motifs is 4. The van der Waals surface area contributed by atoms with Crippen molar-refractivity contribution < 1.29 is 27.6 Å². The van der Waals surface area contributed by atoms with E-state index in [9.17, 15) is 4.79 Å². The number of aromatic nitrogens is 9. The maximum Gasteiger partial charge on any atom is 0.438 e. The van der Waals surface area contributed by atoms with Gasteiger partial charge in [-0.1, -0.05) is 18.1 Å². The van der Waals surface area contributed by atoms with Gasteiger partial charge in [0.15, 0.2) is 11.6 Å². The molecular formula is C54H58F2N10O6. The van der Waals surface area contributed by atoms with Crippen LogP contribution in [0.5, 0.6) is 0 Å². The minimum absolute atomic E-state index is 0.00547. The molecule has 2 aliphatic heterocycles. The van der Waals surface area contributed by atoms with Crippen molar-refractivity contribution in [1.29, 1.82) is 0 Å². The number of imidazole rings is 1. The molecular weight excluding hydrogens is 923 g/mol. The van der Waals surface area contributed by atoms with Crippen LogP contribution in [0.2, 0.25) is 0 Å². The molecule has 0 radical (unpaired) electrons. The molecule has 1 amide bonds. The Kier molecular flexibility index (Phi) is 10.5. The normalized spacial score (nSPS) is 24.9. The minimum Gasteiger partial charge on any atom is -0.381 e. The average molecular weight is 981 g/mol. The second kappa shape index (κ2) is 16.3. The van der Waals surface area contributed by atoms with E-state index in [0.29, 0.717) is 90.5 Å². The first-order chi connectivity index (χ1) is 34.4. The van der Waals surface area contributed by atoms with E-state index in [-0.39, 0.29) is 46.3 Å². The van der Waals surface area contributed by atoms with Gasteiger partial charge in [-0.05, 0) is 151 Å². The van der Waals surface area contributed by atoms with Crippen LogP contribution in [0.3, 0.4) is 0 Å². The van der Waals surface area contributed by atoms with E-state index in [0.717, 1.165) is 35.0 Å². The number of hydrogen-bond donors (Lipinski definition) is 1. The summed E-state index contributed by atoms with van der Waals surface area (Å²) in [5, 5.41) is 15.1. The van der Waals surface area contributed by atoms with Crippen LogP contribution in [0.1, 0.15) is 129 Å². The fourth-order valence-electron chi connectivity index (χ4n) is 12.8. The number of nitrogens with zero attached hydrogens (tertiary/aromatic N) is 9. The van der Waals surface area contributed by atoms with E-state index < -0.39 is 34.3 Å². The van der Waals surface area contributed by atoms with E-state index in [1.807, 2.05) is 17.9 Å². The molecule has 0 unspecified atom stereocenters. The van der Waals surface area contributed by atoms with Crippen LogP contribution in [0.4, 0.5) is 8.78 Å². The zero-order chi connectivity index (χ0) is 50.3. The van der Waals surface area contributed by atoms with Crippen LogP contribution in [-0.4, -0.2) is 86.2 Å². The first-order valence-corrected chi connectivity index (χ1v) is 24.9. The van der Waals surface area contributed by atoms with Crippen molar-refractivity contribution in [2.45, 2.75) is 121 Å². The zero-order valence-electron chi connectivity index (χ0n) is 41.8. The summed E-state index contributed by atoms with van der Waals surface area (Å²) in [6.45, 7) is 12.6. The molecule has 4 atom stereocenters. The summed E-state index contributed by atoms with van der Waals surface area (Å²) in [5.74, 6) is -0.943. The molecule has 4 aliphatic rings. The van der Waals surface area contributed by atoms with Crippen LogP contribution in [-0.2, 0) is 27.5 Å². The first-order valence-electron chi connectivity index (χ1n) is 24.9. The van der Waals surface area contributed by atoms with Gasteiger partial charge in [-0.3, -0.25) is 28.1 Å². The molecule has 12 rings (SSSR count). The summed E-state index contributed by atoms with van der Waals surface area (Å²) in [7, 11) is 3.44. The Morgan fingerprint density at radius 3 is 2.32 bits per heavy atom. The Morgan fingerprint density at radius 1 is 0.917 bits per heavy atom. The molecule has 7 heterocycles. The molecule has 2 aliphatic carbocycles. The fraction of sp³-hybridized carbons (Fsp3) is 0.444. The molecule has 0 bridgehead atoms. The monoisotopic (exact) mass is 980 g/mol. The molecule has 5 aromatic heterocycles. The molecule has 1 saturated heterocycles. The number of benzene rings is 3. The van der Waals surface area contributed by atoms with Crippen LogP contribution in [0.15, 0.2) is 81.2 Å². The second-order valence-corrected chi connectivity index (χ2v) is 21.6. The second-order valence-electron chi connectivity index (χ2n) is 21.6. The van der Waals surface area contributed by atoms with Crippen molar-refractivity contribution in [1.82, 2.24) is 48.3 Å². The third kappa shape index (κ3) is 6.87. The number of hydrogen-bond acceptors (Lipinski definition) is 9. The van der Waals surface area contributed by atoms with E-state index in [1.165, 1.54) is 21.5 Å². The lowest BCUT2D eigenvalue weighted by molar-refractivity contribution is -0.0592. The number of methoxy groups -OCH3 is 1. The van der Waals surface area contributed by atoms with Crippen LogP contribution >= 0.6 is 0 Å². The standard InChI is InChI=1S/C54H58F2N10O6/c1-29-21-36(22-30(2)44(29)55)66-47(63-19-18-62(51(63)69)41-12-11-40-38(45(41)56)27-57-61(40)7)43-32(4)64(28-53(46(43)59-66)16-13-37(70-8)14-17-53)48(67)42-24-35-23-33(34-15-20-71-52(5,6)26-34)9-10-39(35)65(42)54(25-31(54)3)49-58-50(68)72-60-49/h9-12,18-19,21-24,27,31-32,34,37H,13-17,20,25-26,28H2,1-8H3,(H,58,60,68)/t31-,32-,34-,37?,53?,54-/m0/s1. The summed E-state index contributed by atoms with van der Waals surface area (Å²) < 4.78 is 57.1. The Hall–Kier alpha value is -6.92. The van der Waals surface area contributed by atoms with E-state index >= 15 is 18.4 Å². The van der Waals surface area contributed by atoms with Gasteiger partial charge in [-0.2, -0.15) is 10.2 Å². The molecule has 374 valence electrons. The van der Waals surface area contributed by atoms with E-state index in [1.54, 1.807) is 67.8 Å². The van der Waals surface area contributed by atoms with Crippen molar-refractivity contribution in [3.8, 4) is 17.2 Å². The van der Waals surface area contributed by atoms with Gasteiger partial charge < -0.3 is 18.9 Å². The predicted octanol–water partition coefficient (Wildman–Crippen LogP) is 8.73. The highest BCUT2D eigenvalue weighted by atomic mass is 19.1. The third-order valence-corrected chi connectivity index (χ3v) is 16.8. The zero-order valence-corrected chi connectivity index (χ0v) is 41.8. The quantitative estimate of drug-likeness (QED) is 0.157. The van der Waals surface area contributed by atoms with Gasteiger partial charge in [0.25, 0.3) is 5.91 Å². The van der Waals surface area contributed by atoms with Gasteiger partial charge in [0, 0.05) is 61.6 Å². The van der Waals surface area contributed by atoms with Crippen LogP contribution < -0.4 is 11.4 Å². The highest BCUT2D eigenvalue weighted by molar-refractivity contribution is 6.00. The van der Waals surface area contributed by atoms with Gasteiger partial charge in [-0.25, -0.2) is 23.1 Å². The first kappa shape index (κ1) is 46.2. The van der Waals surface area contributed by atoms with Gasteiger partial charge >= 0.3 is 11.4 Å². The topological polar surface area (TPSA) is 165 Å². The smallest absolute Gasteiger partial charge is 0.381 e. The number of rotatable bonds is 8. The van der Waals surface area contributed by atoms with Crippen molar-refractivity contribution in [3.63, 3.8) is 0 Å². The van der Waals surface area contributed by atoms with Gasteiger partial charge in [-0.15, -0.1) is 0 Å². The number of carbonyl (C=O) groups is 1. The third-order valence-electron chi connectivity index (χ3n) is 16.8. The van der Waals surface area contributed by atoms with E-state index in [2.05, 4.69) is 58.8 Å². The SMILES string of the molecule is COC1CCC2(CC1)CN(C(=O)c1cc3cc([C@H]4CCOC(C)(C)C4)ccc3n1[C@@]1(c3noc(=O)[nH]3)C[C@@H]1C)[C@@H](C)c1c2nn(-c2cc(C)c(F)c(C)c2)c1-n1ccn(-c2ccc3c(cnn3C)c2F)c1=O. The molecule has 18 heteroatoms. The lowest BCUT2D eigenvalue weighted by Gasteiger charge is -2.48. The summed E-state index contributed by atoms with van der Waals surface area (Å²) in [5.41, 5.74) is 3.28. The number of carbonyl (C=O) groups excluding carboxylic acids is 1. The van der Waals surface area contributed by atoms with E-state index in [4.69, 9.17) is 19.1 Å². The van der Waals surface area contributed by atoms with Crippen molar-refractivity contribution in [2.24, 2.45) is 13.0 Å². The number of nitrogens with one attached hydrogen (secondary N) is 1.